The van der Waals surface area contributed by atoms with Gasteiger partial charge in [0, 0.05) is 28.7 Å². The Hall–Kier alpha value is -2.06. The molecule has 0 saturated heterocycles. The first-order valence-corrected chi connectivity index (χ1v) is 8.64. The summed E-state index contributed by atoms with van der Waals surface area (Å²) in [5.41, 5.74) is 6.90. The van der Waals surface area contributed by atoms with Crippen LogP contribution in [0.4, 0.5) is 0 Å². The summed E-state index contributed by atoms with van der Waals surface area (Å²) in [4.78, 5) is 3.69. The van der Waals surface area contributed by atoms with Crippen LogP contribution in [0.5, 0.6) is 0 Å². The van der Waals surface area contributed by atoms with Crippen LogP contribution in [0.2, 0.25) is 0 Å². The Morgan fingerprint density at radius 2 is 1.96 bits per heavy atom. The summed E-state index contributed by atoms with van der Waals surface area (Å²) < 4.78 is 0. The molecule has 0 radical (unpaired) electrons. The molecule has 4 rings (SSSR count). The third kappa shape index (κ3) is 2.68. The molecule has 2 aromatic carbocycles. The minimum absolute atomic E-state index is 0.361. The highest BCUT2D eigenvalue weighted by molar-refractivity contribution is 5.85. The van der Waals surface area contributed by atoms with Crippen molar-refractivity contribution in [2.24, 2.45) is 0 Å². The van der Waals surface area contributed by atoms with Gasteiger partial charge in [0.15, 0.2) is 0 Å². The average Bonchev–Trinajstić information content (AvgIpc) is 2.95. The van der Waals surface area contributed by atoms with Gasteiger partial charge in [0.1, 0.15) is 0 Å². The number of nitrogens with one attached hydrogen (secondary N) is 2. The third-order valence-corrected chi connectivity index (χ3v) is 5.11. The Morgan fingerprint density at radius 3 is 2.78 bits per heavy atom. The van der Waals surface area contributed by atoms with Crippen LogP contribution in [-0.2, 0) is 6.42 Å². The molecule has 0 amide bonds. The monoisotopic (exact) mass is 304 g/mol. The Labute approximate surface area is 137 Å². The van der Waals surface area contributed by atoms with E-state index in [0.717, 1.165) is 0 Å². The molecule has 1 heterocycles. The van der Waals surface area contributed by atoms with E-state index in [-0.39, 0.29) is 0 Å². The van der Waals surface area contributed by atoms with Gasteiger partial charge in [0.25, 0.3) is 0 Å². The summed E-state index contributed by atoms with van der Waals surface area (Å²) in [6.45, 7) is 4.44. The quantitative estimate of drug-likeness (QED) is 0.683. The fourth-order valence-corrected chi connectivity index (χ4v) is 3.88. The van der Waals surface area contributed by atoms with Crippen LogP contribution in [0.1, 0.15) is 54.2 Å². The first-order chi connectivity index (χ1) is 11.2. The van der Waals surface area contributed by atoms with E-state index in [2.05, 4.69) is 72.7 Å². The molecular weight excluding hydrogens is 280 g/mol. The number of aromatic nitrogens is 1. The van der Waals surface area contributed by atoms with Crippen molar-refractivity contribution in [3.05, 3.63) is 70.9 Å². The van der Waals surface area contributed by atoms with Crippen molar-refractivity contribution < 1.29 is 0 Å². The minimum atomic E-state index is 0.361. The smallest absolute Gasteiger partial charge is 0.0480 e. The molecule has 0 unspecified atom stereocenters. The van der Waals surface area contributed by atoms with Gasteiger partial charge in [-0.05, 0) is 56.4 Å². The number of H-pyrrole nitrogens is 1. The Morgan fingerprint density at radius 1 is 1.13 bits per heavy atom. The number of aryl methyl sites for hydroxylation is 2. The lowest BCUT2D eigenvalue weighted by Crippen LogP contribution is -2.27. The maximum absolute atomic E-state index is 3.84. The zero-order valence-corrected chi connectivity index (χ0v) is 13.9. The largest absolute Gasteiger partial charge is 0.357 e. The maximum Gasteiger partial charge on any atom is 0.0480 e. The van der Waals surface area contributed by atoms with E-state index >= 15 is 0 Å². The second-order valence-corrected chi connectivity index (χ2v) is 6.81. The third-order valence-electron chi connectivity index (χ3n) is 5.11. The zero-order chi connectivity index (χ0) is 15.8. The van der Waals surface area contributed by atoms with Gasteiger partial charge in [-0.3, -0.25) is 0 Å². The van der Waals surface area contributed by atoms with Crippen LogP contribution in [0.3, 0.4) is 0 Å². The van der Waals surface area contributed by atoms with Gasteiger partial charge in [-0.25, -0.2) is 0 Å². The lowest BCUT2D eigenvalue weighted by atomic mass is 9.90. The standard InChI is InChI=1S/C21H24N2/c1-14-11-12-19-18(13-14)17-9-6-10-20(21(17)23-19)22-15(2)16-7-4-3-5-8-16/h3-5,7-8,11-13,15,20,22-23H,6,9-10H2,1-2H3/t15-,20-/m1/s1. The average molecular weight is 304 g/mol. The number of fused-ring (bicyclic) bond motifs is 3. The fraction of sp³-hybridized carbons (Fsp3) is 0.333. The lowest BCUT2D eigenvalue weighted by Gasteiger charge is -2.27. The summed E-state index contributed by atoms with van der Waals surface area (Å²) in [7, 11) is 0. The lowest BCUT2D eigenvalue weighted by molar-refractivity contribution is 0.410. The van der Waals surface area contributed by atoms with E-state index in [9.17, 15) is 0 Å². The van der Waals surface area contributed by atoms with Gasteiger partial charge in [-0.1, -0.05) is 42.0 Å². The van der Waals surface area contributed by atoms with Crippen molar-refractivity contribution in [3.8, 4) is 0 Å². The van der Waals surface area contributed by atoms with E-state index < -0.39 is 0 Å². The molecule has 2 heteroatoms. The first-order valence-electron chi connectivity index (χ1n) is 8.64. The van der Waals surface area contributed by atoms with E-state index in [1.165, 1.54) is 52.5 Å². The molecule has 1 aliphatic rings. The summed E-state index contributed by atoms with van der Waals surface area (Å²) in [6.07, 6.45) is 3.65. The topological polar surface area (TPSA) is 27.8 Å². The molecule has 23 heavy (non-hydrogen) atoms. The van der Waals surface area contributed by atoms with Crippen LogP contribution >= 0.6 is 0 Å². The fourth-order valence-electron chi connectivity index (χ4n) is 3.88. The van der Waals surface area contributed by atoms with Gasteiger partial charge in [0.2, 0.25) is 0 Å². The maximum atomic E-state index is 3.84. The van der Waals surface area contributed by atoms with E-state index in [4.69, 9.17) is 0 Å². The SMILES string of the molecule is Cc1ccc2[nH]c3c(c2c1)CCC[C@H]3N[C@H](C)c1ccccc1. The summed E-state index contributed by atoms with van der Waals surface area (Å²) in [6, 6.07) is 18.2. The molecule has 0 saturated carbocycles. The number of benzene rings is 2. The summed E-state index contributed by atoms with van der Waals surface area (Å²) in [5, 5.41) is 5.25. The van der Waals surface area contributed by atoms with Crippen LogP contribution in [-0.4, -0.2) is 4.98 Å². The molecule has 1 aromatic heterocycles. The van der Waals surface area contributed by atoms with Crippen molar-refractivity contribution in [2.45, 2.75) is 45.2 Å². The Kier molecular flexibility index (Phi) is 3.70. The van der Waals surface area contributed by atoms with Gasteiger partial charge in [-0.2, -0.15) is 0 Å². The van der Waals surface area contributed by atoms with Crippen LogP contribution in [0.25, 0.3) is 10.9 Å². The van der Waals surface area contributed by atoms with Crippen molar-refractivity contribution in [2.75, 3.05) is 0 Å². The summed E-state index contributed by atoms with van der Waals surface area (Å²) >= 11 is 0. The summed E-state index contributed by atoms with van der Waals surface area (Å²) in [5.74, 6) is 0. The number of hydrogen-bond donors (Lipinski definition) is 2. The van der Waals surface area contributed by atoms with Crippen molar-refractivity contribution in [1.82, 2.24) is 10.3 Å². The molecule has 0 spiro atoms. The normalized spacial score (nSPS) is 18.8. The highest BCUT2D eigenvalue weighted by Gasteiger charge is 2.25. The Bertz CT molecular complexity index is 816. The molecule has 1 aliphatic carbocycles. The minimum Gasteiger partial charge on any atom is -0.357 e. The molecule has 0 bridgehead atoms. The number of rotatable bonds is 3. The van der Waals surface area contributed by atoms with Gasteiger partial charge in [-0.15, -0.1) is 0 Å². The molecule has 2 N–H and O–H groups in total. The van der Waals surface area contributed by atoms with Gasteiger partial charge >= 0.3 is 0 Å². The van der Waals surface area contributed by atoms with Crippen LogP contribution < -0.4 is 5.32 Å². The zero-order valence-electron chi connectivity index (χ0n) is 13.9. The highest BCUT2D eigenvalue weighted by Crippen LogP contribution is 2.36. The molecule has 118 valence electrons. The molecule has 2 atom stereocenters. The second kappa shape index (κ2) is 5.86. The second-order valence-electron chi connectivity index (χ2n) is 6.81. The van der Waals surface area contributed by atoms with Crippen molar-refractivity contribution in [1.29, 1.82) is 0 Å². The molecular formula is C21H24N2. The van der Waals surface area contributed by atoms with Crippen LogP contribution in [0.15, 0.2) is 48.5 Å². The first kappa shape index (κ1) is 14.5. The Balaban J connectivity index is 1.66. The molecule has 0 fully saturated rings. The van der Waals surface area contributed by atoms with E-state index in [0.29, 0.717) is 12.1 Å². The van der Waals surface area contributed by atoms with Crippen molar-refractivity contribution in [3.63, 3.8) is 0 Å². The van der Waals surface area contributed by atoms with E-state index in [1.54, 1.807) is 0 Å². The van der Waals surface area contributed by atoms with Crippen molar-refractivity contribution >= 4 is 10.9 Å². The predicted octanol–water partition coefficient (Wildman–Crippen LogP) is 5.20. The molecule has 0 aliphatic heterocycles. The predicted molar refractivity (Wildman–Crippen MR) is 96.7 cm³/mol. The number of aromatic amines is 1. The number of hydrogen-bond acceptors (Lipinski definition) is 1. The van der Waals surface area contributed by atoms with E-state index in [1.807, 2.05) is 0 Å². The van der Waals surface area contributed by atoms with Gasteiger partial charge in [0.05, 0.1) is 0 Å². The highest BCUT2D eigenvalue weighted by atomic mass is 15.0. The molecule has 2 nitrogen and oxygen atoms in total. The van der Waals surface area contributed by atoms with Gasteiger partial charge < -0.3 is 10.3 Å². The van der Waals surface area contributed by atoms with Crippen LogP contribution in [0, 0.1) is 6.92 Å². The molecule has 3 aromatic rings.